The number of para-hydroxylation sites is 1. The molecule has 1 aromatic heterocycles. The van der Waals surface area contributed by atoms with Crippen molar-refractivity contribution in [3.8, 4) is 0 Å². The lowest BCUT2D eigenvalue weighted by molar-refractivity contribution is 0.0591. The summed E-state index contributed by atoms with van der Waals surface area (Å²) in [5.41, 5.74) is 4.81. The van der Waals surface area contributed by atoms with Gasteiger partial charge >= 0.3 is 0 Å². The molecule has 4 nitrogen and oxygen atoms in total. The molecule has 0 radical (unpaired) electrons. The van der Waals surface area contributed by atoms with Crippen LogP contribution >= 0.6 is 15.9 Å². The van der Waals surface area contributed by atoms with Gasteiger partial charge in [0.1, 0.15) is 5.82 Å². The SMILES string of the molecule is CCC(CCC1c2[nH]c3ccccc3c2CCN1C(=O)c1ccccc1Br)(c1cccc(F)c1)N(C)C. The van der Waals surface area contributed by atoms with Gasteiger partial charge in [0, 0.05) is 33.2 Å². The molecule has 37 heavy (non-hydrogen) atoms. The number of aromatic amines is 1. The van der Waals surface area contributed by atoms with E-state index in [0.29, 0.717) is 12.1 Å². The summed E-state index contributed by atoms with van der Waals surface area (Å²) in [6, 6.07) is 22.9. The van der Waals surface area contributed by atoms with Crippen molar-refractivity contribution in [2.75, 3.05) is 20.6 Å². The Hall–Kier alpha value is -2.96. The van der Waals surface area contributed by atoms with Gasteiger partial charge in [-0.05, 0) is 97.2 Å². The Morgan fingerprint density at radius 3 is 2.59 bits per heavy atom. The average Bonchev–Trinajstić information content (AvgIpc) is 3.28. The topological polar surface area (TPSA) is 39.3 Å². The molecule has 0 spiro atoms. The lowest BCUT2D eigenvalue weighted by atomic mass is 9.79. The Morgan fingerprint density at radius 2 is 1.86 bits per heavy atom. The number of hydrogen-bond donors (Lipinski definition) is 1. The van der Waals surface area contributed by atoms with E-state index in [1.165, 1.54) is 17.0 Å². The van der Waals surface area contributed by atoms with Gasteiger partial charge < -0.3 is 9.88 Å². The van der Waals surface area contributed by atoms with Crippen molar-refractivity contribution in [2.45, 2.75) is 44.2 Å². The minimum Gasteiger partial charge on any atom is -0.356 e. The van der Waals surface area contributed by atoms with Gasteiger partial charge in [-0.1, -0.05) is 49.4 Å². The Balaban J connectivity index is 1.57. The molecular weight excluding hydrogens is 529 g/mol. The van der Waals surface area contributed by atoms with Gasteiger partial charge in [-0.3, -0.25) is 9.69 Å². The van der Waals surface area contributed by atoms with E-state index >= 15 is 0 Å². The van der Waals surface area contributed by atoms with Crippen LogP contribution in [0, 0.1) is 5.82 Å². The highest BCUT2D eigenvalue weighted by molar-refractivity contribution is 9.10. The van der Waals surface area contributed by atoms with Gasteiger partial charge in [-0.15, -0.1) is 0 Å². The number of nitrogens with zero attached hydrogens (tertiary/aromatic N) is 2. The highest BCUT2D eigenvalue weighted by Crippen LogP contribution is 2.43. The third-order valence-electron chi connectivity index (χ3n) is 8.16. The average molecular weight is 563 g/mol. The number of halogens is 2. The van der Waals surface area contributed by atoms with E-state index in [2.05, 4.69) is 65.0 Å². The van der Waals surface area contributed by atoms with E-state index < -0.39 is 0 Å². The van der Waals surface area contributed by atoms with E-state index in [1.54, 1.807) is 12.1 Å². The zero-order chi connectivity index (χ0) is 26.2. The predicted octanol–water partition coefficient (Wildman–Crippen LogP) is 7.46. The predicted molar refractivity (Wildman–Crippen MR) is 151 cm³/mol. The molecular formula is C31H33BrFN3O. The minimum atomic E-state index is -0.353. The number of hydrogen-bond acceptors (Lipinski definition) is 2. The van der Waals surface area contributed by atoms with Crippen molar-refractivity contribution < 1.29 is 9.18 Å². The monoisotopic (exact) mass is 561 g/mol. The van der Waals surface area contributed by atoms with Crippen LogP contribution in [0.5, 0.6) is 0 Å². The molecule has 1 aliphatic rings. The first-order valence-corrected chi connectivity index (χ1v) is 13.7. The molecule has 2 heterocycles. The molecule has 1 N–H and O–H groups in total. The summed E-state index contributed by atoms with van der Waals surface area (Å²) in [7, 11) is 4.13. The number of nitrogens with one attached hydrogen (secondary N) is 1. The molecule has 2 atom stereocenters. The Morgan fingerprint density at radius 1 is 1.11 bits per heavy atom. The normalized spacial score (nSPS) is 17.1. The number of rotatable bonds is 7. The Kier molecular flexibility index (Phi) is 7.24. The fourth-order valence-corrected chi connectivity index (χ4v) is 6.58. The van der Waals surface area contributed by atoms with Gasteiger partial charge in [-0.2, -0.15) is 0 Å². The van der Waals surface area contributed by atoms with Crippen LogP contribution < -0.4 is 0 Å². The summed E-state index contributed by atoms with van der Waals surface area (Å²) in [4.78, 5) is 21.8. The van der Waals surface area contributed by atoms with Crippen molar-refractivity contribution in [1.29, 1.82) is 0 Å². The summed E-state index contributed by atoms with van der Waals surface area (Å²) < 4.78 is 15.1. The van der Waals surface area contributed by atoms with Crippen molar-refractivity contribution in [3.05, 3.63) is 105 Å². The number of carbonyl (C=O) groups is 1. The minimum absolute atomic E-state index is 0.0273. The molecule has 1 amide bonds. The van der Waals surface area contributed by atoms with Crippen molar-refractivity contribution in [1.82, 2.24) is 14.8 Å². The number of amides is 1. The summed E-state index contributed by atoms with van der Waals surface area (Å²) in [5, 5.41) is 1.23. The van der Waals surface area contributed by atoms with E-state index in [9.17, 15) is 9.18 Å². The first-order chi connectivity index (χ1) is 17.9. The summed E-state index contributed by atoms with van der Waals surface area (Å²) in [5.74, 6) is -0.196. The first kappa shape index (κ1) is 25.7. The summed E-state index contributed by atoms with van der Waals surface area (Å²) >= 11 is 3.58. The third kappa shape index (κ3) is 4.62. The number of benzene rings is 3. The van der Waals surface area contributed by atoms with Gasteiger partial charge in [0.25, 0.3) is 5.91 Å². The second kappa shape index (κ2) is 10.4. The van der Waals surface area contributed by atoms with Gasteiger partial charge in [0.2, 0.25) is 0 Å². The molecule has 0 saturated carbocycles. The lowest BCUT2D eigenvalue weighted by Gasteiger charge is -2.43. The van der Waals surface area contributed by atoms with Crippen LogP contribution in [0.3, 0.4) is 0 Å². The quantitative estimate of drug-likeness (QED) is 0.254. The zero-order valence-corrected chi connectivity index (χ0v) is 23.2. The van der Waals surface area contributed by atoms with Crippen LogP contribution in [0.1, 0.15) is 59.4 Å². The molecule has 3 aromatic carbocycles. The van der Waals surface area contributed by atoms with Crippen LogP contribution in [0.2, 0.25) is 0 Å². The maximum Gasteiger partial charge on any atom is 0.255 e. The molecule has 0 saturated heterocycles. The van der Waals surface area contributed by atoms with Gasteiger partial charge in [-0.25, -0.2) is 4.39 Å². The van der Waals surface area contributed by atoms with Crippen molar-refractivity contribution in [2.24, 2.45) is 0 Å². The van der Waals surface area contributed by atoms with Crippen molar-refractivity contribution >= 4 is 32.7 Å². The van der Waals surface area contributed by atoms with E-state index in [4.69, 9.17) is 0 Å². The van der Waals surface area contributed by atoms with E-state index in [-0.39, 0.29) is 23.3 Å². The Bertz CT molecular complexity index is 1430. The summed E-state index contributed by atoms with van der Waals surface area (Å²) in [6.07, 6.45) is 3.16. The molecule has 192 valence electrons. The maximum atomic E-state index is 14.3. The fourth-order valence-electron chi connectivity index (χ4n) is 6.13. The molecule has 6 heteroatoms. The number of carbonyl (C=O) groups excluding carboxylic acids is 1. The van der Waals surface area contributed by atoms with Gasteiger partial charge in [0.15, 0.2) is 0 Å². The molecule has 5 rings (SSSR count). The highest BCUT2D eigenvalue weighted by atomic mass is 79.9. The largest absolute Gasteiger partial charge is 0.356 e. The van der Waals surface area contributed by atoms with Crippen LogP contribution in [0.4, 0.5) is 4.39 Å². The standard InChI is InChI=1S/C31H33BrFN3O/c1-4-31(35(2)3,21-10-9-11-22(33)20-21)18-16-28-29-24(23-12-6-8-15-27(23)34-29)17-19-36(28)30(37)25-13-5-7-14-26(25)32/h5-15,20,28,34H,4,16-19H2,1-3H3. The molecule has 0 fully saturated rings. The molecule has 0 bridgehead atoms. The molecule has 1 aliphatic heterocycles. The van der Waals surface area contributed by atoms with E-state index in [0.717, 1.165) is 46.9 Å². The first-order valence-electron chi connectivity index (χ1n) is 12.9. The molecule has 2 unspecified atom stereocenters. The Labute approximate surface area is 226 Å². The van der Waals surface area contributed by atoms with E-state index in [1.807, 2.05) is 41.3 Å². The molecule has 4 aromatic rings. The zero-order valence-electron chi connectivity index (χ0n) is 21.6. The number of fused-ring (bicyclic) bond motifs is 3. The van der Waals surface area contributed by atoms with Crippen molar-refractivity contribution in [3.63, 3.8) is 0 Å². The van der Waals surface area contributed by atoms with Crippen LogP contribution in [-0.4, -0.2) is 41.3 Å². The highest BCUT2D eigenvalue weighted by Gasteiger charge is 2.39. The maximum absolute atomic E-state index is 14.3. The van der Waals surface area contributed by atoms with Crippen LogP contribution in [-0.2, 0) is 12.0 Å². The van der Waals surface area contributed by atoms with Crippen LogP contribution in [0.25, 0.3) is 10.9 Å². The molecule has 0 aliphatic carbocycles. The fraction of sp³-hybridized carbons (Fsp3) is 0.323. The third-order valence-corrected chi connectivity index (χ3v) is 8.85. The second-order valence-electron chi connectivity index (χ2n) is 10.1. The smallest absolute Gasteiger partial charge is 0.255 e. The second-order valence-corrected chi connectivity index (χ2v) is 11.0. The van der Waals surface area contributed by atoms with Crippen LogP contribution in [0.15, 0.2) is 77.3 Å². The number of aromatic nitrogens is 1. The summed E-state index contributed by atoms with van der Waals surface area (Å²) in [6.45, 7) is 2.81. The van der Waals surface area contributed by atoms with Gasteiger partial charge in [0.05, 0.1) is 11.6 Å². The lowest BCUT2D eigenvalue weighted by Crippen LogP contribution is -2.44. The number of H-pyrrole nitrogens is 1.